The second-order valence-corrected chi connectivity index (χ2v) is 7.64. The van der Waals surface area contributed by atoms with Gasteiger partial charge < -0.3 is 65.3 Å². The lowest BCUT2D eigenvalue weighted by Gasteiger charge is -2.03. The average Bonchev–Trinajstić information content (AvgIpc) is 3.41. The molecule has 18 N–H and O–H groups in total. The number of aliphatic carboxylic acids is 5. The maximum absolute atomic E-state index is 10.1. The Morgan fingerprint density at radius 2 is 1.03 bits per heavy atom. The molecule has 0 aromatic heterocycles. The van der Waals surface area contributed by atoms with Crippen molar-refractivity contribution in [3.05, 3.63) is 0 Å². The minimum absolute atomic E-state index is 0.269. The van der Waals surface area contributed by atoms with E-state index in [0.29, 0.717) is 25.9 Å². The van der Waals surface area contributed by atoms with Crippen LogP contribution in [0.25, 0.3) is 0 Å². The van der Waals surface area contributed by atoms with E-state index >= 15 is 0 Å². The number of carboxylic acids is 5. The first-order chi connectivity index (χ1) is 17.7. The van der Waals surface area contributed by atoms with Crippen LogP contribution in [0.15, 0.2) is 0 Å². The normalized spacial score (nSPS) is 14.7. The molecular weight excluding hydrogens is 510 g/mol. The molecule has 0 spiro atoms. The van der Waals surface area contributed by atoms with E-state index in [1.54, 1.807) is 0 Å². The predicted molar refractivity (Wildman–Crippen MR) is 139 cm³/mol. The van der Waals surface area contributed by atoms with Gasteiger partial charge in [-0.15, -0.1) is 0 Å². The van der Waals surface area contributed by atoms with Gasteiger partial charge >= 0.3 is 29.8 Å². The third-order valence-electron chi connectivity index (χ3n) is 4.28. The van der Waals surface area contributed by atoms with Crippen molar-refractivity contribution < 1.29 is 49.5 Å². The fraction of sp³-hybridized carbons (Fsp3) is 0.762. The van der Waals surface area contributed by atoms with Gasteiger partial charge in [-0.2, -0.15) is 0 Å². The number of hydrogen-bond acceptors (Lipinski definition) is 12. The zero-order valence-corrected chi connectivity index (χ0v) is 21.7. The van der Waals surface area contributed by atoms with E-state index in [9.17, 15) is 24.0 Å². The van der Waals surface area contributed by atoms with E-state index in [2.05, 4.69) is 16.8 Å². The SMILES string of the molecule is NCC(=O)O.NCC(=O)O.NCCCC[C@H](N)C(=O)O.NCCCC[C@H](N)C(=O)O.O=C(O)[C@@H]1CCCN1. The summed E-state index contributed by atoms with van der Waals surface area (Å²) in [6.45, 7) is 1.51. The fourth-order valence-corrected chi connectivity index (χ4v) is 2.16. The van der Waals surface area contributed by atoms with Gasteiger partial charge in [-0.05, 0) is 58.2 Å². The number of nitrogens with one attached hydrogen (secondary N) is 1. The summed E-state index contributed by atoms with van der Waals surface area (Å²) in [6, 6.07) is -1.70. The van der Waals surface area contributed by atoms with Gasteiger partial charge in [-0.1, -0.05) is 12.8 Å². The quantitative estimate of drug-likeness (QED) is 0.0998. The van der Waals surface area contributed by atoms with E-state index in [0.717, 1.165) is 45.1 Å². The number of nitrogens with two attached hydrogens (primary N) is 6. The van der Waals surface area contributed by atoms with Gasteiger partial charge in [-0.3, -0.25) is 24.0 Å². The van der Waals surface area contributed by atoms with Gasteiger partial charge in [0.25, 0.3) is 0 Å². The Kier molecular flexibility index (Phi) is 33.6. The average molecular weight is 558 g/mol. The molecule has 17 nitrogen and oxygen atoms in total. The molecule has 1 aliphatic rings. The molecule has 0 aromatic carbocycles. The molecule has 0 bridgehead atoms. The zero-order chi connectivity index (χ0) is 30.5. The van der Waals surface area contributed by atoms with Gasteiger partial charge in [0.2, 0.25) is 0 Å². The molecule has 38 heavy (non-hydrogen) atoms. The maximum atomic E-state index is 10.1. The summed E-state index contributed by atoms with van der Waals surface area (Å²) in [4.78, 5) is 48.9. The summed E-state index contributed by atoms with van der Waals surface area (Å²) in [5, 5.41) is 43.1. The van der Waals surface area contributed by atoms with Crippen LogP contribution in [-0.2, 0) is 24.0 Å². The Morgan fingerprint density at radius 1 is 0.684 bits per heavy atom. The second kappa shape index (κ2) is 30.3. The highest BCUT2D eigenvalue weighted by Gasteiger charge is 2.20. The Morgan fingerprint density at radius 3 is 1.18 bits per heavy atom. The maximum Gasteiger partial charge on any atom is 0.320 e. The first-order valence-corrected chi connectivity index (χ1v) is 11.9. The largest absolute Gasteiger partial charge is 0.480 e. The number of carboxylic acid groups (broad SMARTS) is 5. The number of rotatable bonds is 13. The van der Waals surface area contributed by atoms with Crippen LogP contribution < -0.4 is 39.7 Å². The predicted octanol–water partition coefficient (Wildman–Crippen LogP) is -3.06. The molecule has 0 saturated carbocycles. The van der Waals surface area contributed by atoms with Gasteiger partial charge in [0, 0.05) is 0 Å². The lowest BCUT2D eigenvalue weighted by Crippen LogP contribution is -2.29. The van der Waals surface area contributed by atoms with Crippen LogP contribution in [0.1, 0.15) is 51.4 Å². The molecule has 226 valence electrons. The summed E-state index contributed by atoms with van der Waals surface area (Å²) in [7, 11) is 0. The Bertz CT molecular complexity index is 595. The van der Waals surface area contributed by atoms with Crippen molar-refractivity contribution in [3.8, 4) is 0 Å². The van der Waals surface area contributed by atoms with Crippen molar-refractivity contribution in [2.24, 2.45) is 34.4 Å². The van der Waals surface area contributed by atoms with E-state index in [4.69, 9.17) is 48.5 Å². The summed E-state index contributed by atoms with van der Waals surface area (Å²) in [5.74, 6) is -4.52. The van der Waals surface area contributed by atoms with Crippen LogP contribution in [0.3, 0.4) is 0 Å². The fourth-order valence-electron chi connectivity index (χ4n) is 2.16. The van der Waals surface area contributed by atoms with Crippen molar-refractivity contribution in [2.75, 3.05) is 32.7 Å². The van der Waals surface area contributed by atoms with Crippen molar-refractivity contribution in [2.45, 2.75) is 69.5 Å². The van der Waals surface area contributed by atoms with E-state index in [1.807, 2.05) is 0 Å². The molecule has 1 aliphatic heterocycles. The van der Waals surface area contributed by atoms with Crippen molar-refractivity contribution in [3.63, 3.8) is 0 Å². The summed E-state index contributed by atoms with van der Waals surface area (Å²) in [5.41, 5.74) is 30.0. The number of hydrogen-bond donors (Lipinski definition) is 12. The summed E-state index contributed by atoms with van der Waals surface area (Å²) >= 11 is 0. The smallest absolute Gasteiger partial charge is 0.320 e. The van der Waals surface area contributed by atoms with Crippen molar-refractivity contribution >= 4 is 29.8 Å². The number of unbranched alkanes of at least 4 members (excludes halogenated alkanes) is 2. The number of carbonyl (C=O) groups is 5. The first-order valence-electron chi connectivity index (χ1n) is 11.9. The van der Waals surface area contributed by atoms with Crippen LogP contribution in [0, 0.1) is 0 Å². The molecule has 0 radical (unpaired) electrons. The standard InChI is InChI=1S/2C6H14N2O2.C5H9NO2.2C2H5NO2/c2*7-4-2-1-3-5(8)6(9)10;7-5(8)4-2-1-3-6-4;2*3-1-2(4)5/h2*5H,1-4,7-8H2,(H,9,10);4,6H,1-3H2,(H,7,8);2*1,3H2,(H,4,5)/t2*5-;4-;;/m000../s1. The minimum atomic E-state index is -0.968. The monoisotopic (exact) mass is 557 g/mol. The van der Waals surface area contributed by atoms with Crippen LogP contribution in [0.5, 0.6) is 0 Å². The Hall–Kier alpha value is -2.93. The molecule has 0 aromatic rings. The minimum Gasteiger partial charge on any atom is -0.480 e. The van der Waals surface area contributed by atoms with E-state index in [-0.39, 0.29) is 19.1 Å². The summed E-state index contributed by atoms with van der Waals surface area (Å²) in [6.07, 6.45) is 6.11. The van der Waals surface area contributed by atoms with Crippen molar-refractivity contribution in [1.29, 1.82) is 0 Å². The van der Waals surface area contributed by atoms with Gasteiger partial charge in [-0.25, -0.2) is 0 Å². The molecule has 1 saturated heterocycles. The highest BCUT2D eigenvalue weighted by Crippen LogP contribution is 2.03. The highest BCUT2D eigenvalue weighted by atomic mass is 16.4. The van der Waals surface area contributed by atoms with Gasteiger partial charge in [0.1, 0.15) is 18.1 Å². The first kappa shape index (κ1) is 42.2. The molecule has 3 atom stereocenters. The van der Waals surface area contributed by atoms with Crippen molar-refractivity contribution in [1.82, 2.24) is 5.32 Å². The lowest BCUT2D eigenvalue weighted by molar-refractivity contribution is -0.139. The second-order valence-electron chi connectivity index (χ2n) is 7.64. The van der Waals surface area contributed by atoms with Crippen LogP contribution in [0.4, 0.5) is 0 Å². The Labute approximate surface area is 221 Å². The molecule has 1 fully saturated rings. The Balaban J connectivity index is -0.000000196. The van der Waals surface area contributed by atoms with E-state index in [1.165, 1.54) is 0 Å². The molecule has 17 heteroatoms. The topological polar surface area (TPSA) is 355 Å². The molecular formula is C21H47N7O10. The molecule has 1 rings (SSSR count). The molecule has 0 aliphatic carbocycles. The summed E-state index contributed by atoms with van der Waals surface area (Å²) < 4.78 is 0. The molecule has 0 unspecified atom stereocenters. The third kappa shape index (κ3) is 37.6. The molecule has 0 amide bonds. The lowest BCUT2D eigenvalue weighted by atomic mass is 10.1. The van der Waals surface area contributed by atoms with Gasteiger partial charge in [0.05, 0.1) is 13.1 Å². The zero-order valence-electron chi connectivity index (χ0n) is 21.7. The van der Waals surface area contributed by atoms with Crippen LogP contribution >= 0.6 is 0 Å². The molecule has 1 heterocycles. The van der Waals surface area contributed by atoms with Gasteiger partial charge in [0.15, 0.2) is 0 Å². The third-order valence-corrected chi connectivity index (χ3v) is 4.28. The van der Waals surface area contributed by atoms with Crippen LogP contribution in [-0.4, -0.2) is 106 Å². The van der Waals surface area contributed by atoms with E-state index < -0.39 is 41.9 Å². The highest BCUT2D eigenvalue weighted by molar-refractivity contribution is 5.74. The van der Waals surface area contributed by atoms with Crippen LogP contribution in [0.2, 0.25) is 0 Å².